The Balaban J connectivity index is 1.57. The summed E-state index contributed by atoms with van der Waals surface area (Å²) in [6.07, 6.45) is 1.95. The number of rotatable bonds is 5. The molecule has 1 aliphatic heterocycles. The number of nitrogens with one attached hydrogen (secondary N) is 2. The van der Waals surface area contributed by atoms with E-state index in [1.807, 2.05) is 14.0 Å². The highest BCUT2D eigenvalue weighted by Crippen LogP contribution is 2.27. The lowest BCUT2D eigenvalue weighted by molar-refractivity contribution is 0.0729. The van der Waals surface area contributed by atoms with E-state index in [0.29, 0.717) is 41.6 Å². The Labute approximate surface area is 172 Å². The van der Waals surface area contributed by atoms with Crippen LogP contribution < -0.4 is 15.4 Å². The summed E-state index contributed by atoms with van der Waals surface area (Å²) in [5.41, 5.74) is 2.67. The Hall–Kier alpha value is -3.58. The van der Waals surface area contributed by atoms with Crippen LogP contribution in [0.2, 0.25) is 0 Å². The molecule has 154 valence electrons. The van der Waals surface area contributed by atoms with E-state index in [-0.39, 0.29) is 6.54 Å². The molecular formula is C20H21FN8O. The quantitative estimate of drug-likeness (QED) is 0.661. The molecule has 1 saturated heterocycles. The van der Waals surface area contributed by atoms with Crippen molar-refractivity contribution in [2.75, 3.05) is 18.4 Å². The highest BCUT2D eigenvalue weighted by molar-refractivity contribution is 5.63. The summed E-state index contributed by atoms with van der Waals surface area (Å²) in [4.78, 5) is 12.8. The molecule has 2 atom stereocenters. The van der Waals surface area contributed by atoms with Crippen molar-refractivity contribution < 1.29 is 9.13 Å². The maximum atomic E-state index is 14.1. The van der Waals surface area contributed by atoms with E-state index in [9.17, 15) is 9.65 Å². The van der Waals surface area contributed by atoms with Gasteiger partial charge in [-0.3, -0.25) is 4.68 Å². The predicted octanol–water partition coefficient (Wildman–Crippen LogP) is 2.27. The summed E-state index contributed by atoms with van der Waals surface area (Å²) >= 11 is 0. The molecule has 0 saturated carbocycles. The van der Waals surface area contributed by atoms with E-state index >= 15 is 0 Å². The second-order valence-corrected chi connectivity index (χ2v) is 7.01. The fourth-order valence-electron chi connectivity index (χ4n) is 3.19. The summed E-state index contributed by atoms with van der Waals surface area (Å²) in [6.45, 7) is 2.86. The van der Waals surface area contributed by atoms with Crippen molar-refractivity contribution in [2.24, 2.45) is 7.05 Å². The lowest BCUT2D eigenvalue weighted by Crippen LogP contribution is -2.44. The van der Waals surface area contributed by atoms with Gasteiger partial charge in [-0.15, -0.1) is 0 Å². The number of alkyl halides is 1. The molecule has 30 heavy (non-hydrogen) atoms. The van der Waals surface area contributed by atoms with Crippen LogP contribution in [-0.4, -0.2) is 50.1 Å². The molecule has 3 aromatic rings. The van der Waals surface area contributed by atoms with Crippen LogP contribution in [0.3, 0.4) is 0 Å². The number of aryl methyl sites for hydroxylation is 1. The van der Waals surface area contributed by atoms with Gasteiger partial charge in [0.2, 0.25) is 5.95 Å². The molecule has 3 heterocycles. The highest BCUT2D eigenvalue weighted by Gasteiger charge is 2.27. The largest absolute Gasteiger partial charge is 0.486 e. The molecule has 0 aliphatic carbocycles. The van der Waals surface area contributed by atoms with E-state index in [1.165, 1.54) is 6.33 Å². The number of ether oxygens (including phenoxy) is 1. The zero-order valence-corrected chi connectivity index (χ0v) is 16.6. The van der Waals surface area contributed by atoms with E-state index in [2.05, 4.69) is 36.8 Å². The summed E-state index contributed by atoms with van der Waals surface area (Å²) in [5, 5.41) is 19.8. The molecule has 0 amide bonds. The summed E-state index contributed by atoms with van der Waals surface area (Å²) in [5.74, 6) is 1.13. The molecule has 0 spiro atoms. The minimum Gasteiger partial charge on any atom is -0.486 e. The van der Waals surface area contributed by atoms with E-state index in [1.54, 1.807) is 29.1 Å². The van der Waals surface area contributed by atoms with Crippen molar-refractivity contribution in [1.29, 1.82) is 5.26 Å². The van der Waals surface area contributed by atoms with Crippen LogP contribution in [0.4, 0.5) is 16.0 Å². The molecule has 0 radical (unpaired) electrons. The molecule has 1 aliphatic rings. The van der Waals surface area contributed by atoms with Gasteiger partial charge < -0.3 is 15.4 Å². The van der Waals surface area contributed by atoms with Crippen LogP contribution in [0.25, 0.3) is 11.4 Å². The molecule has 4 rings (SSSR count). The zero-order valence-electron chi connectivity index (χ0n) is 16.6. The highest BCUT2D eigenvalue weighted by atomic mass is 19.1. The average molecular weight is 408 g/mol. The van der Waals surface area contributed by atoms with Crippen LogP contribution in [0.15, 0.2) is 30.7 Å². The second-order valence-electron chi connectivity index (χ2n) is 7.01. The number of nitrogens with zero attached hydrogens (tertiary/aromatic N) is 6. The van der Waals surface area contributed by atoms with Crippen molar-refractivity contribution in [1.82, 2.24) is 30.0 Å². The Morgan fingerprint density at radius 3 is 2.97 bits per heavy atom. The van der Waals surface area contributed by atoms with Gasteiger partial charge in [0, 0.05) is 19.2 Å². The van der Waals surface area contributed by atoms with Gasteiger partial charge in [-0.25, -0.2) is 14.4 Å². The number of hydrogen-bond acceptors (Lipinski definition) is 8. The third-order valence-electron chi connectivity index (χ3n) is 5.04. The van der Waals surface area contributed by atoms with Gasteiger partial charge in [-0.1, -0.05) is 0 Å². The monoisotopic (exact) mass is 408 g/mol. The molecule has 0 unspecified atom stereocenters. The van der Waals surface area contributed by atoms with Crippen LogP contribution in [-0.2, 0) is 7.05 Å². The van der Waals surface area contributed by atoms with E-state index in [4.69, 9.17) is 4.74 Å². The van der Waals surface area contributed by atoms with Crippen molar-refractivity contribution in [3.05, 3.63) is 42.0 Å². The molecule has 10 heteroatoms. The zero-order chi connectivity index (χ0) is 21.1. The normalized spacial score (nSPS) is 18.6. The molecule has 0 bridgehead atoms. The van der Waals surface area contributed by atoms with Gasteiger partial charge in [0.1, 0.15) is 30.4 Å². The SMILES string of the molecule is Cc1c(Nc2ncnc(-c3ccc(O[C@H]4CCNC[C@H]4F)c(C#N)c3)n2)cnn1C. The molecular weight excluding hydrogens is 387 g/mol. The van der Waals surface area contributed by atoms with Crippen molar-refractivity contribution >= 4 is 11.6 Å². The van der Waals surface area contributed by atoms with Crippen molar-refractivity contribution in [3.8, 4) is 23.2 Å². The molecule has 2 aromatic heterocycles. The topological polar surface area (TPSA) is 114 Å². The molecule has 1 aromatic carbocycles. The fraction of sp³-hybridized carbons (Fsp3) is 0.350. The fourth-order valence-corrected chi connectivity index (χ4v) is 3.19. The predicted molar refractivity (Wildman–Crippen MR) is 108 cm³/mol. The summed E-state index contributed by atoms with van der Waals surface area (Å²) in [7, 11) is 1.85. The van der Waals surface area contributed by atoms with Gasteiger partial charge in [0.05, 0.1) is 23.1 Å². The van der Waals surface area contributed by atoms with Crippen LogP contribution in [0, 0.1) is 18.3 Å². The van der Waals surface area contributed by atoms with Crippen molar-refractivity contribution in [2.45, 2.75) is 25.6 Å². The van der Waals surface area contributed by atoms with Crippen LogP contribution >= 0.6 is 0 Å². The first-order valence-corrected chi connectivity index (χ1v) is 9.56. The van der Waals surface area contributed by atoms with Gasteiger partial charge in [0.15, 0.2) is 5.82 Å². The van der Waals surface area contributed by atoms with Gasteiger partial charge in [-0.05, 0) is 38.1 Å². The first kappa shape index (κ1) is 19.7. The number of benzene rings is 1. The standard InChI is InChI=1S/C20H21FN8O/c1-12-16(10-26-29(12)2)27-20-25-11-24-19(28-20)13-3-4-17(14(7-13)8-22)30-18-5-6-23-9-15(18)21/h3-4,7,10-11,15,18,23H,5-6,9H2,1-2H3,(H,24,25,27,28)/t15-,18+/m1/s1. The Morgan fingerprint density at radius 1 is 1.37 bits per heavy atom. The smallest absolute Gasteiger partial charge is 0.230 e. The van der Waals surface area contributed by atoms with Crippen LogP contribution in [0.1, 0.15) is 17.7 Å². The first-order valence-electron chi connectivity index (χ1n) is 9.56. The minimum atomic E-state index is -1.11. The third kappa shape index (κ3) is 4.06. The second kappa shape index (κ2) is 8.42. The Kier molecular flexibility index (Phi) is 5.54. The lowest BCUT2D eigenvalue weighted by Gasteiger charge is -2.27. The Bertz CT molecular complexity index is 1090. The number of anilines is 2. The first-order chi connectivity index (χ1) is 14.5. The average Bonchev–Trinajstić information content (AvgIpc) is 3.08. The van der Waals surface area contributed by atoms with Gasteiger partial charge in [0.25, 0.3) is 0 Å². The minimum absolute atomic E-state index is 0.252. The maximum Gasteiger partial charge on any atom is 0.230 e. The molecule has 2 N–H and O–H groups in total. The maximum absolute atomic E-state index is 14.1. The number of piperidine rings is 1. The number of nitriles is 1. The van der Waals surface area contributed by atoms with Crippen LogP contribution in [0.5, 0.6) is 5.75 Å². The van der Waals surface area contributed by atoms with Gasteiger partial charge >= 0.3 is 0 Å². The Morgan fingerprint density at radius 2 is 2.23 bits per heavy atom. The lowest BCUT2D eigenvalue weighted by atomic mass is 10.1. The third-order valence-corrected chi connectivity index (χ3v) is 5.04. The van der Waals surface area contributed by atoms with Crippen molar-refractivity contribution in [3.63, 3.8) is 0 Å². The van der Waals surface area contributed by atoms with E-state index < -0.39 is 12.3 Å². The summed E-state index contributed by atoms with van der Waals surface area (Å²) < 4.78 is 21.6. The summed E-state index contributed by atoms with van der Waals surface area (Å²) in [6, 6.07) is 7.16. The van der Waals surface area contributed by atoms with Gasteiger partial charge in [-0.2, -0.15) is 15.3 Å². The number of halogens is 1. The molecule has 9 nitrogen and oxygen atoms in total. The van der Waals surface area contributed by atoms with E-state index in [0.717, 1.165) is 11.4 Å². The number of hydrogen-bond donors (Lipinski definition) is 2. The molecule has 1 fully saturated rings. The number of aromatic nitrogens is 5.